The van der Waals surface area contributed by atoms with Crippen molar-refractivity contribution in [3.63, 3.8) is 0 Å². The fourth-order valence-electron chi connectivity index (χ4n) is 2.35. The van der Waals surface area contributed by atoms with E-state index in [-0.39, 0.29) is 5.91 Å². The Bertz CT molecular complexity index is 855. The van der Waals surface area contributed by atoms with Crippen molar-refractivity contribution in [1.82, 2.24) is 4.98 Å². The number of amides is 1. The number of rotatable bonds is 4. The van der Waals surface area contributed by atoms with E-state index in [4.69, 9.17) is 4.74 Å². The second-order valence-corrected chi connectivity index (χ2v) is 6.59. The second-order valence-electron chi connectivity index (χ2n) is 5.56. The highest BCUT2D eigenvalue weighted by molar-refractivity contribution is 7.22. The number of carbonyl (C=O) groups excluding carboxylic acids is 1. The molecule has 0 bridgehead atoms. The SMILES string of the molecule is COc1ccccc1C(=O)Nc1nc2ccc(C(C)C)cc2s1. The first-order valence-electron chi connectivity index (χ1n) is 7.43. The molecule has 0 aliphatic heterocycles. The Morgan fingerprint density at radius 1 is 1.22 bits per heavy atom. The molecule has 0 saturated carbocycles. The Hall–Kier alpha value is -2.40. The third kappa shape index (κ3) is 3.19. The third-order valence-corrected chi connectivity index (χ3v) is 4.58. The number of hydrogen-bond acceptors (Lipinski definition) is 4. The van der Waals surface area contributed by atoms with Gasteiger partial charge in [0.1, 0.15) is 5.75 Å². The Balaban J connectivity index is 1.87. The summed E-state index contributed by atoms with van der Waals surface area (Å²) in [5, 5.41) is 3.45. The number of para-hydroxylation sites is 1. The van der Waals surface area contributed by atoms with Gasteiger partial charge in [-0.25, -0.2) is 4.98 Å². The topological polar surface area (TPSA) is 51.2 Å². The van der Waals surface area contributed by atoms with Crippen LogP contribution >= 0.6 is 11.3 Å². The van der Waals surface area contributed by atoms with E-state index in [1.54, 1.807) is 19.2 Å². The van der Waals surface area contributed by atoms with Crippen LogP contribution in [0.5, 0.6) is 5.75 Å². The van der Waals surface area contributed by atoms with Gasteiger partial charge in [0, 0.05) is 0 Å². The summed E-state index contributed by atoms with van der Waals surface area (Å²) < 4.78 is 6.30. The van der Waals surface area contributed by atoms with Gasteiger partial charge < -0.3 is 4.74 Å². The van der Waals surface area contributed by atoms with Crippen LogP contribution in [-0.4, -0.2) is 18.0 Å². The number of ether oxygens (including phenoxy) is 1. The highest BCUT2D eigenvalue weighted by atomic mass is 32.1. The lowest BCUT2D eigenvalue weighted by molar-refractivity contribution is 0.102. The summed E-state index contributed by atoms with van der Waals surface area (Å²) in [4.78, 5) is 16.9. The summed E-state index contributed by atoms with van der Waals surface area (Å²) in [5.41, 5.74) is 2.66. The van der Waals surface area contributed by atoms with E-state index in [0.717, 1.165) is 10.2 Å². The molecule has 23 heavy (non-hydrogen) atoms. The van der Waals surface area contributed by atoms with Crippen molar-refractivity contribution in [1.29, 1.82) is 0 Å². The molecule has 2 aromatic carbocycles. The molecule has 0 unspecified atom stereocenters. The van der Waals surface area contributed by atoms with Crippen LogP contribution in [0.2, 0.25) is 0 Å². The Labute approximate surface area is 139 Å². The maximum absolute atomic E-state index is 12.4. The molecule has 0 aliphatic rings. The number of methoxy groups -OCH3 is 1. The van der Waals surface area contributed by atoms with E-state index >= 15 is 0 Å². The normalized spacial score (nSPS) is 11.0. The van der Waals surface area contributed by atoms with Gasteiger partial charge in [-0.1, -0.05) is 43.4 Å². The number of hydrogen-bond donors (Lipinski definition) is 1. The van der Waals surface area contributed by atoms with Gasteiger partial charge in [-0.2, -0.15) is 0 Å². The maximum Gasteiger partial charge on any atom is 0.261 e. The molecule has 0 saturated heterocycles. The smallest absolute Gasteiger partial charge is 0.261 e. The number of benzene rings is 2. The molecule has 0 spiro atoms. The monoisotopic (exact) mass is 326 g/mol. The molecular weight excluding hydrogens is 308 g/mol. The Kier molecular flexibility index (Phi) is 4.30. The van der Waals surface area contributed by atoms with Crippen LogP contribution in [0.25, 0.3) is 10.2 Å². The van der Waals surface area contributed by atoms with Crippen LogP contribution in [0.3, 0.4) is 0 Å². The minimum absolute atomic E-state index is 0.217. The van der Waals surface area contributed by atoms with Crippen molar-refractivity contribution in [2.24, 2.45) is 0 Å². The van der Waals surface area contributed by atoms with E-state index in [1.165, 1.54) is 16.9 Å². The van der Waals surface area contributed by atoms with E-state index in [9.17, 15) is 4.79 Å². The Morgan fingerprint density at radius 2 is 2.00 bits per heavy atom. The molecule has 1 heterocycles. The quantitative estimate of drug-likeness (QED) is 0.757. The minimum Gasteiger partial charge on any atom is -0.496 e. The third-order valence-electron chi connectivity index (χ3n) is 3.65. The standard InChI is InChI=1S/C18H18N2O2S/c1-11(2)12-8-9-14-16(10-12)23-18(19-14)20-17(21)13-6-4-5-7-15(13)22-3/h4-11H,1-3H3,(H,19,20,21). The molecule has 0 radical (unpaired) electrons. The Morgan fingerprint density at radius 3 is 2.74 bits per heavy atom. The van der Waals surface area contributed by atoms with Gasteiger partial charge in [-0.05, 0) is 35.7 Å². The van der Waals surface area contributed by atoms with E-state index in [0.29, 0.717) is 22.4 Å². The molecule has 1 N–H and O–H groups in total. The van der Waals surface area contributed by atoms with Crippen molar-refractivity contribution < 1.29 is 9.53 Å². The van der Waals surface area contributed by atoms with E-state index in [1.807, 2.05) is 18.2 Å². The number of carbonyl (C=O) groups is 1. The van der Waals surface area contributed by atoms with Crippen LogP contribution in [-0.2, 0) is 0 Å². The number of nitrogens with one attached hydrogen (secondary N) is 1. The fraction of sp³-hybridized carbons (Fsp3) is 0.222. The zero-order chi connectivity index (χ0) is 16.4. The molecule has 4 nitrogen and oxygen atoms in total. The summed E-state index contributed by atoms with van der Waals surface area (Å²) in [5.74, 6) is 0.798. The van der Waals surface area contributed by atoms with Crippen LogP contribution in [0.4, 0.5) is 5.13 Å². The van der Waals surface area contributed by atoms with Crippen molar-refractivity contribution >= 4 is 32.6 Å². The summed E-state index contributed by atoms with van der Waals surface area (Å²) in [6, 6.07) is 13.4. The van der Waals surface area contributed by atoms with Gasteiger partial charge in [-0.3, -0.25) is 10.1 Å². The lowest BCUT2D eigenvalue weighted by Crippen LogP contribution is -2.12. The molecule has 0 aliphatic carbocycles. The van der Waals surface area contributed by atoms with Crippen LogP contribution in [0, 0.1) is 0 Å². The summed E-state index contributed by atoms with van der Waals surface area (Å²) in [7, 11) is 1.55. The number of anilines is 1. The number of aromatic nitrogens is 1. The molecule has 118 valence electrons. The molecule has 0 fully saturated rings. The first kappa shape index (κ1) is 15.5. The minimum atomic E-state index is -0.217. The van der Waals surface area contributed by atoms with Gasteiger partial charge in [0.2, 0.25) is 0 Å². The summed E-state index contributed by atoms with van der Waals surface area (Å²) >= 11 is 1.48. The molecule has 3 aromatic rings. The van der Waals surface area contributed by atoms with Gasteiger partial charge in [-0.15, -0.1) is 0 Å². The molecule has 0 atom stereocenters. The lowest BCUT2D eigenvalue weighted by atomic mass is 10.0. The lowest BCUT2D eigenvalue weighted by Gasteiger charge is -2.06. The fourth-order valence-corrected chi connectivity index (χ4v) is 3.26. The number of nitrogens with zero attached hydrogens (tertiary/aromatic N) is 1. The zero-order valence-corrected chi connectivity index (χ0v) is 14.1. The second kappa shape index (κ2) is 6.38. The van der Waals surface area contributed by atoms with Gasteiger partial charge >= 0.3 is 0 Å². The van der Waals surface area contributed by atoms with Crippen molar-refractivity contribution in [3.05, 3.63) is 53.6 Å². The predicted molar refractivity (Wildman–Crippen MR) is 94.7 cm³/mol. The maximum atomic E-state index is 12.4. The number of fused-ring (bicyclic) bond motifs is 1. The van der Waals surface area contributed by atoms with Crippen molar-refractivity contribution in [3.8, 4) is 5.75 Å². The summed E-state index contributed by atoms with van der Waals surface area (Å²) in [6.07, 6.45) is 0. The van der Waals surface area contributed by atoms with Gasteiger partial charge in [0.25, 0.3) is 5.91 Å². The first-order chi connectivity index (χ1) is 11.1. The van der Waals surface area contributed by atoms with Crippen molar-refractivity contribution in [2.45, 2.75) is 19.8 Å². The zero-order valence-electron chi connectivity index (χ0n) is 13.3. The molecular formula is C18H18N2O2S. The average Bonchev–Trinajstić information content (AvgIpc) is 2.95. The molecule has 1 aromatic heterocycles. The van der Waals surface area contributed by atoms with E-state index in [2.05, 4.69) is 36.3 Å². The summed E-state index contributed by atoms with van der Waals surface area (Å²) in [6.45, 7) is 4.32. The highest BCUT2D eigenvalue weighted by Crippen LogP contribution is 2.29. The molecule has 5 heteroatoms. The van der Waals surface area contributed by atoms with Gasteiger partial charge in [0.15, 0.2) is 5.13 Å². The van der Waals surface area contributed by atoms with Crippen LogP contribution < -0.4 is 10.1 Å². The largest absolute Gasteiger partial charge is 0.496 e. The average molecular weight is 326 g/mol. The van der Waals surface area contributed by atoms with Gasteiger partial charge in [0.05, 0.1) is 22.9 Å². The molecule has 3 rings (SSSR count). The molecule has 1 amide bonds. The van der Waals surface area contributed by atoms with Crippen molar-refractivity contribution in [2.75, 3.05) is 12.4 Å². The number of thiazole rings is 1. The first-order valence-corrected chi connectivity index (χ1v) is 8.25. The predicted octanol–water partition coefficient (Wildman–Crippen LogP) is 4.68. The van der Waals surface area contributed by atoms with Crippen LogP contribution in [0.15, 0.2) is 42.5 Å². The van der Waals surface area contributed by atoms with E-state index < -0.39 is 0 Å². The highest BCUT2D eigenvalue weighted by Gasteiger charge is 2.14. The van der Waals surface area contributed by atoms with Crippen LogP contribution in [0.1, 0.15) is 35.7 Å².